The zero-order chi connectivity index (χ0) is 33.7. The van der Waals surface area contributed by atoms with Crippen molar-refractivity contribution in [3.05, 3.63) is 51.8 Å². The second kappa shape index (κ2) is 11.0. The third-order valence-electron chi connectivity index (χ3n) is 10.1. The smallest absolute Gasteiger partial charge is 0.418 e. The summed E-state index contributed by atoms with van der Waals surface area (Å²) >= 11 is 6.92. The van der Waals surface area contributed by atoms with Gasteiger partial charge in [-0.3, -0.25) is 4.90 Å². The Kier molecular flexibility index (Phi) is 7.45. The second-order valence-electron chi connectivity index (χ2n) is 13.3. The number of anilines is 2. The Bertz CT molecular complexity index is 1880. The molecule has 1 unspecified atom stereocenters. The normalized spacial score (nSPS) is 25.8. The summed E-state index contributed by atoms with van der Waals surface area (Å²) < 4.78 is 93.4. The number of rotatable bonds is 4. The van der Waals surface area contributed by atoms with E-state index in [1.54, 1.807) is 18.9 Å². The van der Waals surface area contributed by atoms with Crippen LogP contribution in [-0.2, 0) is 6.18 Å². The van der Waals surface area contributed by atoms with E-state index >= 15 is 4.39 Å². The number of aryl methyl sites for hydroxylation is 1. The predicted octanol–water partition coefficient (Wildman–Crippen LogP) is 6.74. The molecule has 7 rings (SSSR count). The highest BCUT2D eigenvalue weighted by Crippen LogP contribution is 2.51. The minimum Gasteiger partial charge on any atom is -0.461 e. The second-order valence-corrected chi connectivity index (χ2v) is 13.7. The fourth-order valence-electron chi connectivity index (χ4n) is 7.69. The number of nitrogens with zero attached hydrogens (tertiary/aromatic N) is 5. The molecule has 3 aromatic rings. The molecule has 3 saturated heterocycles. The van der Waals surface area contributed by atoms with Gasteiger partial charge in [-0.15, -0.1) is 0 Å². The number of likely N-dealkylation sites (N-methyl/N-ethyl adjacent to an activating group) is 1. The minimum absolute atomic E-state index is 0.0115. The highest BCUT2D eigenvalue weighted by atomic mass is 35.5. The highest BCUT2D eigenvalue weighted by Gasteiger charge is 2.46. The third-order valence-corrected chi connectivity index (χ3v) is 10.5. The Morgan fingerprint density at radius 2 is 1.96 bits per heavy atom. The molecule has 8 nitrogen and oxygen atoms in total. The quantitative estimate of drug-likeness (QED) is 0.293. The molecule has 3 N–H and O–H groups in total. The number of nitrogens with one attached hydrogen (secondary N) is 1. The molecule has 0 aliphatic carbocycles. The predicted molar refractivity (Wildman–Crippen MR) is 167 cm³/mol. The van der Waals surface area contributed by atoms with Crippen molar-refractivity contribution in [2.24, 2.45) is 0 Å². The van der Waals surface area contributed by atoms with Crippen LogP contribution < -0.4 is 20.7 Å². The summed E-state index contributed by atoms with van der Waals surface area (Å²) in [6.07, 6.45) is -4.44. The molecule has 0 saturated carbocycles. The Labute approximate surface area is 271 Å². The van der Waals surface area contributed by atoms with Crippen LogP contribution in [0.15, 0.2) is 24.3 Å². The van der Waals surface area contributed by atoms with Gasteiger partial charge in [-0.2, -0.15) is 31.9 Å². The van der Waals surface area contributed by atoms with Crippen LogP contribution in [0.25, 0.3) is 27.7 Å². The van der Waals surface area contributed by atoms with Crippen molar-refractivity contribution in [2.45, 2.75) is 69.4 Å². The topological polar surface area (TPSA) is 92.4 Å². The van der Waals surface area contributed by atoms with Gasteiger partial charge in [0.15, 0.2) is 5.82 Å². The van der Waals surface area contributed by atoms with Crippen LogP contribution in [0, 0.1) is 12.7 Å². The summed E-state index contributed by atoms with van der Waals surface area (Å²) in [6, 6.07) is 0.845. The van der Waals surface area contributed by atoms with Crippen molar-refractivity contribution in [3.63, 3.8) is 0 Å². The Morgan fingerprint density at radius 3 is 2.64 bits per heavy atom. The number of piperazine rings is 1. The molecule has 47 heavy (non-hydrogen) atoms. The van der Waals surface area contributed by atoms with Crippen LogP contribution in [0.4, 0.5) is 38.0 Å². The van der Waals surface area contributed by atoms with Gasteiger partial charge in [-0.05, 0) is 63.8 Å². The molecular weight excluding hydrogens is 648 g/mol. The zero-order valence-corrected chi connectivity index (χ0v) is 26.6. The van der Waals surface area contributed by atoms with Crippen LogP contribution in [0.5, 0.6) is 6.01 Å². The van der Waals surface area contributed by atoms with Crippen molar-refractivity contribution in [1.29, 1.82) is 0 Å². The van der Waals surface area contributed by atoms with E-state index in [-0.39, 0.29) is 82.2 Å². The standard InChI is InChI=1S/C32H32ClF6N7O/c1-13-7-18-17-6-5-16(41-17)11-46(18)29-21-20(13)24(33)22(26-23(32(37,38)39)14(2)8-19(40)42-26)25(34)27(21)43-30(44-29)47-12-31(3)9-15(28(35)36)10-45(31)4/h8,16-18,41H,1,5-7,9-12H2,2-4H3,(H2,40,42)/t16-,17?,18-,31+/m1/s1. The zero-order valence-electron chi connectivity index (χ0n) is 25.8. The molecule has 2 aromatic heterocycles. The molecule has 3 fully saturated rings. The first kappa shape index (κ1) is 32.0. The average Bonchev–Trinajstić information content (AvgIpc) is 3.48. The van der Waals surface area contributed by atoms with Gasteiger partial charge < -0.3 is 20.7 Å². The van der Waals surface area contributed by atoms with Gasteiger partial charge in [0.1, 0.15) is 23.8 Å². The summed E-state index contributed by atoms with van der Waals surface area (Å²) in [4.78, 5) is 16.9. The summed E-state index contributed by atoms with van der Waals surface area (Å²) in [5.74, 6) is -1.07. The molecule has 6 heterocycles. The number of benzene rings is 1. The first-order chi connectivity index (χ1) is 22.1. The van der Waals surface area contributed by atoms with Gasteiger partial charge in [0.25, 0.3) is 6.08 Å². The van der Waals surface area contributed by atoms with Gasteiger partial charge in [-0.25, -0.2) is 9.37 Å². The largest absolute Gasteiger partial charge is 0.461 e. The average molecular weight is 680 g/mol. The lowest BCUT2D eigenvalue weighted by Crippen LogP contribution is -2.58. The number of ether oxygens (including phenoxy) is 1. The Hall–Kier alpha value is -3.62. The summed E-state index contributed by atoms with van der Waals surface area (Å²) in [5.41, 5.74) is 2.64. The molecule has 0 amide bonds. The molecule has 4 aliphatic heterocycles. The van der Waals surface area contributed by atoms with Gasteiger partial charge in [-0.1, -0.05) is 18.2 Å². The van der Waals surface area contributed by atoms with E-state index in [9.17, 15) is 22.0 Å². The van der Waals surface area contributed by atoms with Crippen LogP contribution in [0.1, 0.15) is 49.3 Å². The third kappa shape index (κ3) is 5.10. The summed E-state index contributed by atoms with van der Waals surface area (Å²) in [5, 5.41) is 3.52. The van der Waals surface area contributed by atoms with E-state index in [2.05, 4.69) is 26.8 Å². The number of alkyl halides is 3. The van der Waals surface area contributed by atoms with Crippen molar-refractivity contribution < 1.29 is 31.1 Å². The molecule has 0 radical (unpaired) electrons. The molecule has 2 bridgehead atoms. The van der Waals surface area contributed by atoms with Crippen LogP contribution in [-0.4, -0.2) is 70.3 Å². The minimum atomic E-state index is -4.91. The summed E-state index contributed by atoms with van der Waals surface area (Å²) in [6.45, 7) is 7.70. The molecule has 15 heteroatoms. The maximum absolute atomic E-state index is 17.0. The van der Waals surface area contributed by atoms with Crippen molar-refractivity contribution in [2.75, 3.05) is 37.4 Å². The fourth-order valence-corrected chi connectivity index (χ4v) is 8.09. The number of nitrogens with two attached hydrogens (primary N) is 1. The van der Waals surface area contributed by atoms with Crippen LogP contribution in [0.2, 0.25) is 5.02 Å². The van der Waals surface area contributed by atoms with Gasteiger partial charge in [0, 0.05) is 42.4 Å². The number of pyridine rings is 1. The molecule has 1 aromatic carbocycles. The first-order valence-electron chi connectivity index (χ1n) is 15.2. The number of nitrogen functional groups attached to an aromatic ring is 1. The lowest BCUT2D eigenvalue weighted by atomic mass is 9.91. The number of fused-ring (bicyclic) bond motifs is 5. The van der Waals surface area contributed by atoms with E-state index in [0.717, 1.165) is 18.9 Å². The Balaban J connectivity index is 1.46. The van der Waals surface area contributed by atoms with Gasteiger partial charge >= 0.3 is 12.2 Å². The maximum atomic E-state index is 17.0. The number of halogens is 7. The maximum Gasteiger partial charge on any atom is 0.418 e. The lowest BCUT2D eigenvalue weighted by molar-refractivity contribution is -0.137. The number of likely N-dealkylation sites (tertiary alicyclic amines) is 1. The van der Waals surface area contributed by atoms with Gasteiger partial charge in [0.2, 0.25) is 0 Å². The molecule has 4 atom stereocenters. The van der Waals surface area contributed by atoms with E-state index in [1.807, 2.05) is 0 Å². The van der Waals surface area contributed by atoms with Crippen molar-refractivity contribution in [1.82, 2.24) is 25.2 Å². The summed E-state index contributed by atoms with van der Waals surface area (Å²) in [7, 11) is 1.69. The van der Waals surface area contributed by atoms with Crippen LogP contribution in [0.3, 0.4) is 0 Å². The first-order valence-corrected chi connectivity index (χ1v) is 15.6. The molecule has 4 aliphatic rings. The van der Waals surface area contributed by atoms with E-state index in [1.165, 1.54) is 6.92 Å². The highest BCUT2D eigenvalue weighted by molar-refractivity contribution is 6.37. The SMILES string of the molecule is C=C1C[C@@H]2C3CC[C@H](CN2c2nc(OC[C@]4(C)CC(=C(F)F)CN4C)nc4c(F)c(-c5nc(N)cc(C)c5C(F)(F)F)c(Cl)c1c24)N3. The monoisotopic (exact) mass is 679 g/mol. The number of aromatic nitrogens is 3. The Morgan fingerprint density at radius 1 is 1.21 bits per heavy atom. The van der Waals surface area contributed by atoms with Crippen molar-refractivity contribution in [3.8, 4) is 17.3 Å². The van der Waals surface area contributed by atoms with E-state index < -0.39 is 40.4 Å². The lowest BCUT2D eigenvalue weighted by Gasteiger charge is -2.41. The number of hydrogen-bond acceptors (Lipinski definition) is 8. The van der Waals surface area contributed by atoms with Crippen molar-refractivity contribution >= 4 is 39.7 Å². The van der Waals surface area contributed by atoms with Crippen LogP contribution >= 0.6 is 11.6 Å². The van der Waals surface area contributed by atoms with E-state index in [0.29, 0.717) is 24.4 Å². The fraction of sp³-hybridized carbons (Fsp3) is 0.469. The van der Waals surface area contributed by atoms with E-state index in [4.69, 9.17) is 27.1 Å². The number of hydrogen-bond donors (Lipinski definition) is 2. The molecular formula is C32H32ClF6N7O. The molecule has 0 spiro atoms. The van der Waals surface area contributed by atoms with Gasteiger partial charge in [0.05, 0.1) is 32.8 Å². The molecule has 250 valence electrons.